The van der Waals surface area contributed by atoms with Crippen LogP contribution in [-0.4, -0.2) is 16.2 Å². The number of carbonyl (C=O) groups is 1. The van der Waals surface area contributed by atoms with Gasteiger partial charge in [0.15, 0.2) is 0 Å². The van der Waals surface area contributed by atoms with Crippen LogP contribution in [-0.2, 0) is 4.79 Å². The highest BCUT2D eigenvalue weighted by atomic mass is 35.5. The number of aryl methyl sites for hydroxylation is 2. The van der Waals surface area contributed by atoms with Gasteiger partial charge in [-0.15, -0.1) is 0 Å². The topological polar surface area (TPSA) is 37.6 Å². The second kappa shape index (κ2) is 7.37. The smallest absolute Gasteiger partial charge is 0.280 e. The lowest BCUT2D eigenvalue weighted by Gasteiger charge is -2.13. The Morgan fingerprint density at radius 1 is 0.966 bits per heavy atom. The molecule has 0 saturated carbocycles. The Morgan fingerprint density at radius 2 is 1.69 bits per heavy atom. The molecule has 1 aliphatic rings. The van der Waals surface area contributed by atoms with Crippen molar-refractivity contribution in [1.29, 1.82) is 0 Å². The lowest BCUT2D eigenvalue weighted by molar-refractivity contribution is -0.114. The van der Waals surface area contributed by atoms with Gasteiger partial charge in [0.2, 0.25) is 0 Å². The van der Waals surface area contributed by atoms with E-state index in [4.69, 9.17) is 11.6 Å². The Kier molecular flexibility index (Phi) is 4.89. The van der Waals surface area contributed by atoms with Crippen molar-refractivity contribution in [2.45, 2.75) is 27.7 Å². The average Bonchev–Trinajstić information content (AvgIpc) is 3.14. The Morgan fingerprint density at radius 3 is 2.41 bits per heavy atom. The normalized spacial score (nSPS) is 15.3. The van der Waals surface area contributed by atoms with Gasteiger partial charge in [0, 0.05) is 22.1 Å². The fourth-order valence-electron chi connectivity index (χ4n) is 3.71. The second-order valence-corrected chi connectivity index (χ2v) is 7.73. The van der Waals surface area contributed by atoms with Crippen molar-refractivity contribution in [1.82, 2.24) is 4.57 Å². The molecule has 4 nitrogen and oxygen atoms in total. The number of aromatic nitrogens is 1. The summed E-state index contributed by atoms with van der Waals surface area (Å²) in [7, 11) is 0. The molecule has 1 amide bonds. The minimum Gasteiger partial charge on any atom is -0.318 e. The van der Waals surface area contributed by atoms with Gasteiger partial charge in [-0.25, -0.2) is 0 Å². The molecule has 4 rings (SSSR count). The van der Waals surface area contributed by atoms with Gasteiger partial charge < -0.3 is 4.57 Å². The maximum Gasteiger partial charge on any atom is 0.280 e. The summed E-state index contributed by atoms with van der Waals surface area (Å²) >= 11 is 6.24. The van der Waals surface area contributed by atoms with Crippen molar-refractivity contribution in [3.05, 3.63) is 87.7 Å². The number of hydrogen-bond acceptors (Lipinski definition) is 2. The monoisotopic (exact) mass is 403 g/mol. The summed E-state index contributed by atoms with van der Waals surface area (Å²) in [6, 6.07) is 17.5. The molecule has 2 heterocycles. The number of anilines is 1. The first-order valence-electron chi connectivity index (χ1n) is 9.49. The second-order valence-electron chi connectivity index (χ2n) is 7.29. The molecule has 0 spiro atoms. The average molecular weight is 404 g/mol. The molecule has 0 aliphatic carbocycles. The van der Waals surface area contributed by atoms with Gasteiger partial charge in [-0.3, -0.25) is 4.79 Å². The lowest BCUT2D eigenvalue weighted by Crippen LogP contribution is -2.21. The summed E-state index contributed by atoms with van der Waals surface area (Å²) in [4.78, 5) is 13.0. The zero-order valence-corrected chi connectivity index (χ0v) is 17.7. The predicted octanol–water partition coefficient (Wildman–Crippen LogP) is 5.86. The highest BCUT2D eigenvalue weighted by molar-refractivity contribution is 6.32. The van der Waals surface area contributed by atoms with Crippen molar-refractivity contribution in [2.75, 3.05) is 5.01 Å². The van der Waals surface area contributed by atoms with Crippen LogP contribution in [0.3, 0.4) is 0 Å². The van der Waals surface area contributed by atoms with E-state index < -0.39 is 0 Å². The lowest BCUT2D eigenvalue weighted by atomic mass is 10.1. The van der Waals surface area contributed by atoms with Gasteiger partial charge >= 0.3 is 0 Å². The molecule has 0 fully saturated rings. The Labute approximate surface area is 175 Å². The first kappa shape index (κ1) is 19.2. The van der Waals surface area contributed by atoms with E-state index in [0.717, 1.165) is 33.9 Å². The van der Waals surface area contributed by atoms with E-state index in [9.17, 15) is 4.79 Å². The molecular weight excluding hydrogens is 382 g/mol. The third-order valence-electron chi connectivity index (χ3n) is 5.25. The summed E-state index contributed by atoms with van der Waals surface area (Å²) in [6.07, 6.45) is 1.93. The van der Waals surface area contributed by atoms with Crippen LogP contribution < -0.4 is 5.01 Å². The first-order chi connectivity index (χ1) is 13.9. The molecule has 0 N–H and O–H groups in total. The van der Waals surface area contributed by atoms with Gasteiger partial charge in [0.05, 0.1) is 17.0 Å². The molecule has 146 valence electrons. The van der Waals surface area contributed by atoms with Crippen LogP contribution in [0.25, 0.3) is 11.8 Å². The minimum atomic E-state index is -0.113. The standard InChI is InChI=1S/C24H22ClN3O/c1-15-10-11-20(25)14-23(15)27-16(2)12-19(18(27)4)13-22-17(3)26-28(24(22)29)21-8-6-5-7-9-21/h5-14H,1-4H3/b22-13+. The van der Waals surface area contributed by atoms with E-state index in [-0.39, 0.29) is 5.91 Å². The molecule has 2 aromatic carbocycles. The molecular formula is C24H22ClN3O. The minimum absolute atomic E-state index is 0.113. The molecule has 0 radical (unpaired) electrons. The molecule has 0 atom stereocenters. The van der Waals surface area contributed by atoms with Crippen molar-refractivity contribution in [3.63, 3.8) is 0 Å². The van der Waals surface area contributed by atoms with Crippen LogP contribution in [0.4, 0.5) is 5.69 Å². The highest BCUT2D eigenvalue weighted by Gasteiger charge is 2.29. The number of hydrogen-bond donors (Lipinski definition) is 0. The zero-order chi connectivity index (χ0) is 20.7. The first-order valence-corrected chi connectivity index (χ1v) is 9.87. The van der Waals surface area contributed by atoms with Gasteiger partial charge in [0.1, 0.15) is 0 Å². The van der Waals surface area contributed by atoms with Crippen LogP contribution in [0.1, 0.15) is 29.4 Å². The third-order valence-corrected chi connectivity index (χ3v) is 5.48. The molecule has 1 aliphatic heterocycles. The maximum absolute atomic E-state index is 13.0. The Bertz CT molecular complexity index is 1170. The number of halogens is 1. The molecule has 3 aromatic rings. The van der Waals surface area contributed by atoms with Crippen LogP contribution >= 0.6 is 11.6 Å². The van der Waals surface area contributed by atoms with Crippen LogP contribution in [0, 0.1) is 20.8 Å². The third kappa shape index (κ3) is 3.40. The number of nitrogens with zero attached hydrogens (tertiary/aromatic N) is 3. The van der Waals surface area contributed by atoms with Crippen LogP contribution in [0.15, 0.2) is 65.3 Å². The van der Waals surface area contributed by atoms with E-state index in [0.29, 0.717) is 16.3 Å². The number of rotatable bonds is 3. The Hall–Kier alpha value is -3.11. The van der Waals surface area contributed by atoms with Gasteiger partial charge in [-0.1, -0.05) is 35.9 Å². The van der Waals surface area contributed by atoms with Crippen LogP contribution in [0.5, 0.6) is 0 Å². The molecule has 0 bridgehead atoms. The van der Waals surface area contributed by atoms with E-state index in [1.807, 2.05) is 61.5 Å². The maximum atomic E-state index is 13.0. The van der Waals surface area contributed by atoms with Crippen molar-refractivity contribution < 1.29 is 4.79 Å². The molecule has 0 unspecified atom stereocenters. The number of benzene rings is 2. The molecule has 0 saturated heterocycles. The number of amides is 1. The molecule has 5 heteroatoms. The molecule has 1 aromatic heterocycles. The van der Waals surface area contributed by atoms with Gasteiger partial charge in [-0.2, -0.15) is 10.1 Å². The number of hydrazone groups is 1. The predicted molar refractivity (Wildman–Crippen MR) is 120 cm³/mol. The zero-order valence-electron chi connectivity index (χ0n) is 16.9. The summed E-state index contributed by atoms with van der Waals surface area (Å²) in [5.74, 6) is -0.113. The van der Waals surface area contributed by atoms with Gasteiger partial charge in [0.25, 0.3) is 5.91 Å². The summed E-state index contributed by atoms with van der Waals surface area (Å²) in [5.41, 5.74) is 7.40. The Balaban J connectivity index is 1.76. The highest BCUT2D eigenvalue weighted by Crippen LogP contribution is 2.29. The van der Waals surface area contributed by atoms with Gasteiger partial charge in [-0.05, 0) is 75.2 Å². The summed E-state index contributed by atoms with van der Waals surface area (Å²) < 4.78 is 2.18. The fourth-order valence-corrected chi connectivity index (χ4v) is 3.88. The SMILES string of the molecule is CC1=NN(c2ccccc2)C(=O)/C1=C/c1cc(C)n(-c2cc(Cl)ccc2C)c1C. The number of carbonyl (C=O) groups excluding carboxylic acids is 1. The van der Waals surface area contributed by atoms with Crippen molar-refractivity contribution in [3.8, 4) is 5.69 Å². The quantitative estimate of drug-likeness (QED) is 0.504. The van der Waals surface area contributed by atoms with Crippen LogP contribution in [0.2, 0.25) is 5.02 Å². The summed E-state index contributed by atoms with van der Waals surface area (Å²) in [6.45, 7) is 8.05. The van der Waals surface area contributed by atoms with E-state index in [1.165, 1.54) is 5.01 Å². The fraction of sp³-hybridized carbons (Fsp3) is 0.167. The summed E-state index contributed by atoms with van der Waals surface area (Å²) in [5, 5.41) is 6.63. The number of para-hydroxylation sites is 1. The van der Waals surface area contributed by atoms with Crippen molar-refractivity contribution in [2.24, 2.45) is 5.10 Å². The van der Waals surface area contributed by atoms with Crippen molar-refractivity contribution >= 4 is 35.0 Å². The van der Waals surface area contributed by atoms with E-state index >= 15 is 0 Å². The van der Waals surface area contributed by atoms with E-state index in [2.05, 4.69) is 36.5 Å². The van der Waals surface area contributed by atoms with E-state index in [1.54, 1.807) is 0 Å². The molecule has 29 heavy (non-hydrogen) atoms. The largest absolute Gasteiger partial charge is 0.318 e.